The molecule has 1 fully saturated rings. The van der Waals surface area contributed by atoms with E-state index in [4.69, 9.17) is 0 Å². The Morgan fingerprint density at radius 3 is 2.57 bits per heavy atom. The van der Waals surface area contributed by atoms with E-state index in [9.17, 15) is 9.59 Å². The fourth-order valence-electron chi connectivity index (χ4n) is 3.51. The van der Waals surface area contributed by atoms with Gasteiger partial charge in [-0.25, -0.2) is 4.79 Å². The number of amides is 3. The van der Waals surface area contributed by atoms with Gasteiger partial charge in [-0.15, -0.1) is 0 Å². The molecule has 2 heterocycles. The number of hydrogen-bond acceptors (Lipinski definition) is 3. The number of likely N-dealkylation sites (tertiary alicyclic amines) is 1. The van der Waals surface area contributed by atoms with Crippen LogP contribution in [0.5, 0.6) is 0 Å². The van der Waals surface area contributed by atoms with Gasteiger partial charge in [-0.2, -0.15) is 0 Å². The van der Waals surface area contributed by atoms with Crippen molar-refractivity contribution in [2.24, 2.45) is 0 Å². The maximum absolute atomic E-state index is 12.8. The molecular formula is C22H28N4O2. The molecule has 1 unspecified atom stereocenters. The van der Waals surface area contributed by atoms with Crippen molar-refractivity contribution in [3.8, 4) is 0 Å². The average molecular weight is 380 g/mol. The van der Waals surface area contributed by atoms with Crippen LogP contribution < -0.4 is 10.6 Å². The highest BCUT2D eigenvalue weighted by molar-refractivity contribution is 5.97. The molecule has 0 saturated carbocycles. The van der Waals surface area contributed by atoms with Gasteiger partial charge in [0, 0.05) is 36.7 Å². The Kier molecular flexibility index (Phi) is 7.00. The minimum atomic E-state index is -0.296. The highest BCUT2D eigenvalue weighted by atomic mass is 16.2. The van der Waals surface area contributed by atoms with Gasteiger partial charge in [-0.3, -0.25) is 9.78 Å². The summed E-state index contributed by atoms with van der Waals surface area (Å²) in [4.78, 5) is 31.3. The molecule has 3 rings (SSSR count). The van der Waals surface area contributed by atoms with Crippen LogP contribution in [-0.2, 0) is 0 Å². The molecule has 1 aromatic heterocycles. The van der Waals surface area contributed by atoms with E-state index in [2.05, 4.69) is 15.6 Å². The van der Waals surface area contributed by atoms with E-state index in [1.807, 2.05) is 24.0 Å². The van der Waals surface area contributed by atoms with Gasteiger partial charge in [-0.1, -0.05) is 31.9 Å². The fraction of sp³-hybridized carbons (Fsp3) is 0.409. The van der Waals surface area contributed by atoms with Crippen LogP contribution in [0.2, 0.25) is 0 Å². The van der Waals surface area contributed by atoms with Gasteiger partial charge in [0.15, 0.2) is 0 Å². The number of nitrogens with zero attached hydrogens (tertiary/aromatic N) is 2. The summed E-state index contributed by atoms with van der Waals surface area (Å²) in [7, 11) is 0. The zero-order valence-corrected chi connectivity index (χ0v) is 16.4. The lowest BCUT2D eigenvalue weighted by molar-refractivity contribution is 0.0761. The van der Waals surface area contributed by atoms with Crippen molar-refractivity contribution in [1.29, 1.82) is 0 Å². The van der Waals surface area contributed by atoms with Gasteiger partial charge in [0.05, 0.1) is 6.04 Å². The molecule has 1 aromatic carbocycles. The SMILES string of the molecule is CCC(NC(=O)Nc1cccc(C(=O)N2CCCCCC2)c1)c1cccnc1. The Balaban J connectivity index is 1.63. The molecule has 2 aromatic rings. The van der Waals surface area contributed by atoms with Gasteiger partial charge in [-0.05, 0) is 49.1 Å². The standard InChI is InChI=1S/C22H28N4O2/c1-2-20(18-10-8-12-23-16-18)25-22(28)24-19-11-7-9-17(15-19)21(27)26-13-5-3-4-6-14-26/h7-12,15-16,20H,2-6,13-14H2,1H3,(H2,24,25,28). The second-order valence-corrected chi connectivity index (χ2v) is 7.13. The van der Waals surface area contributed by atoms with Crippen molar-refractivity contribution >= 4 is 17.6 Å². The number of nitrogens with one attached hydrogen (secondary N) is 2. The molecular weight excluding hydrogens is 352 g/mol. The Labute approximate surface area is 166 Å². The molecule has 1 saturated heterocycles. The molecule has 0 aliphatic carbocycles. The third-order valence-electron chi connectivity index (χ3n) is 5.06. The maximum atomic E-state index is 12.8. The molecule has 3 amide bonds. The summed E-state index contributed by atoms with van der Waals surface area (Å²) >= 11 is 0. The van der Waals surface area contributed by atoms with Crippen molar-refractivity contribution in [1.82, 2.24) is 15.2 Å². The van der Waals surface area contributed by atoms with Crippen molar-refractivity contribution in [3.63, 3.8) is 0 Å². The van der Waals surface area contributed by atoms with Gasteiger partial charge in [0.25, 0.3) is 5.91 Å². The Morgan fingerprint density at radius 1 is 1.11 bits per heavy atom. The molecule has 2 N–H and O–H groups in total. The van der Waals surface area contributed by atoms with E-state index >= 15 is 0 Å². The summed E-state index contributed by atoms with van der Waals surface area (Å²) in [6, 6.07) is 10.5. The van der Waals surface area contributed by atoms with E-state index in [1.165, 1.54) is 12.8 Å². The summed E-state index contributed by atoms with van der Waals surface area (Å²) < 4.78 is 0. The van der Waals surface area contributed by atoms with Crippen LogP contribution in [0.15, 0.2) is 48.8 Å². The lowest BCUT2D eigenvalue weighted by atomic mass is 10.1. The fourth-order valence-corrected chi connectivity index (χ4v) is 3.51. The summed E-state index contributed by atoms with van der Waals surface area (Å²) in [5, 5.41) is 5.81. The Hall–Kier alpha value is -2.89. The van der Waals surface area contributed by atoms with E-state index in [-0.39, 0.29) is 18.0 Å². The molecule has 6 heteroatoms. The van der Waals surface area contributed by atoms with Crippen LogP contribution in [0, 0.1) is 0 Å². The number of aromatic nitrogens is 1. The first kappa shape index (κ1) is 19.9. The van der Waals surface area contributed by atoms with Gasteiger partial charge in [0.1, 0.15) is 0 Å². The molecule has 0 bridgehead atoms. The first-order valence-electron chi connectivity index (χ1n) is 10.0. The monoisotopic (exact) mass is 380 g/mol. The predicted octanol–water partition coefficient (Wildman–Crippen LogP) is 4.37. The predicted molar refractivity (Wildman–Crippen MR) is 110 cm³/mol. The zero-order chi connectivity index (χ0) is 19.8. The maximum Gasteiger partial charge on any atom is 0.319 e. The van der Waals surface area contributed by atoms with E-state index in [1.54, 1.807) is 36.7 Å². The normalized spacial score (nSPS) is 15.4. The van der Waals surface area contributed by atoms with E-state index in [0.717, 1.165) is 37.9 Å². The van der Waals surface area contributed by atoms with Crippen LogP contribution >= 0.6 is 0 Å². The van der Waals surface area contributed by atoms with Gasteiger partial charge < -0.3 is 15.5 Å². The topological polar surface area (TPSA) is 74.3 Å². The van der Waals surface area contributed by atoms with Gasteiger partial charge in [0.2, 0.25) is 0 Å². The molecule has 0 spiro atoms. The van der Waals surface area contributed by atoms with Crippen LogP contribution in [0.3, 0.4) is 0 Å². The molecule has 28 heavy (non-hydrogen) atoms. The Bertz CT molecular complexity index is 786. The van der Waals surface area contributed by atoms with Crippen LogP contribution in [0.25, 0.3) is 0 Å². The smallest absolute Gasteiger partial charge is 0.319 e. The molecule has 1 aliphatic heterocycles. The summed E-state index contributed by atoms with van der Waals surface area (Å²) in [6.07, 6.45) is 8.70. The van der Waals surface area contributed by atoms with Crippen LogP contribution in [0.1, 0.15) is 61.0 Å². The number of carbonyl (C=O) groups is 2. The second-order valence-electron chi connectivity index (χ2n) is 7.13. The lowest BCUT2D eigenvalue weighted by Gasteiger charge is -2.21. The number of anilines is 1. The average Bonchev–Trinajstić information content (AvgIpc) is 3.02. The van der Waals surface area contributed by atoms with E-state index in [0.29, 0.717) is 11.3 Å². The van der Waals surface area contributed by atoms with Crippen molar-refractivity contribution < 1.29 is 9.59 Å². The van der Waals surface area contributed by atoms with E-state index < -0.39 is 0 Å². The van der Waals surface area contributed by atoms with Crippen LogP contribution in [-0.4, -0.2) is 34.9 Å². The van der Waals surface area contributed by atoms with Crippen LogP contribution in [0.4, 0.5) is 10.5 Å². The summed E-state index contributed by atoms with van der Waals surface area (Å²) in [5.74, 6) is 0.0350. The number of rotatable bonds is 5. The number of urea groups is 1. The van der Waals surface area contributed by atoms with Crippen molar-refractivity contribution in [3.05, 3.63) is 59.9 Å². The molecule has 1 atom stereocenters. The highest BCUT2D eigenvalue weighted by Gasteiger charge is 2.18. The summed E-state index contributed by atoms with van der Waals surface area (Å²) in [5.41, 5.74) is 2.18. The third-order valence-corrected chi connectivity index (χ3v) is 5.06. The molecule has 1 aliphatic rings. The number of hydrogen-bond donors (Lipinski definition) is 2. The zero-order valence-electron chi connectivity index (χ0n) is 16.4. The molecule has 0 radical (unpaired) electrons. The second kappa shape index (κ2) is 9.88. The quantitative estimate of drug-likeness (QED) is 0.809. The number of pyridine rings is 1. The van der Waals surface area contributed by atoms with Crippen molar-refractivity contribution in [2.45, 2.75) is 45.1 Å². The molecule has 6 nitrogen and oxygen atoms in total. The largest absolute Gasteiger partial charge is 0.339 e. The minimum Gasteiger partial charge on any atom is -0.339 e. The molecule has 148 valence electrons. The Morgan fingerprint density at radius 2 is 1.89 bits per heavy atom. The highest BCUT2D eigenvalue weighted by Crippen LogP contribution is 2.18. The third kappa shape index (κ3) is 5.31. The summed E-state index contributed by atoms with van der Waals surface area (Å²) in [6.45, 7) is 3.62. The van der Waals surface area contributed by atoms with Gasteiger partial charge >= 0.3 is 6.03 Å². The number of carbonyl (C=O) groups excluding carboxylic acids is 2. The lowest BCUT2D eigenvalue weighted by Crippen LogP contribution is -2.33. The minimum absolute atomic E-state index is 0.0350. The number of benzene rings is 1. The first-order valence-corrected chi connectivity index (χ1v) is 10.0. The van der Waals surface area contributed by atoms with Crippen molar-refractivity contribution in [2.75, 3.05) is 18.4 Å². The first-order chi connectivity index (χ1) is 13.7.